The Labute approximate surface area is 118 Å². The first-order valence-corrected chi connectivity index (χ1v) is 9.50. The van der Waals surface area contributed by atoms with Crippen molar-refractivity contribution in [3.8, 4) is 0 Å². The minimum atomic E-state index is -3.01. The van der Waals surface area contributed by atoms with Gasteiger partial charge in [0.15, 0.2) is 0 Å². The van der Waals surface area contributed by atoms with Crippen molar-refractivity contribution < 1.29 is 8.42 Å². The molecule has 112 valence electrons. The summed E-state index contributed by atoms with van der Waals surface area (Å²) < 4.78 is 24.8. The van der Waals surface area contributed by atoms with Crippen molar-refractivity contribution in [3.05, 3.63) is 0 Å². The van der Waals surface area contributed by atoms with Crippen molar-refractivity contribution in [2.24, 2.45) is 11.8 Å². The maximum absolute atomic E-state index is 11.6. The van der Waals surface area contributed by atoms with Crippen LogP contribution in [0.3, 0.4) is 0 Å². The largest absolute Gasteiger partial charge is 0.314 e. The molecular formula is C14H28N2O2S. The Morgan fingerprint density at radius 3 is 2.53 bits per heavy atom. The molecular weight excluding hydrogens is 260 g/mol. The highest BCUT2D eigenvalue weighted by Crippen LogP contribution is 2.27. The second kappa shape index (κ2) is 6.55. The molecule has 19 heavy (non-hydrogen) atoms. The quantitative estimate of drug-likeness (QED) is 0.839. The van der Waals surface area contributed by atoms with Gasteiger partial charge in [0.1, 0.15) is 0 Å². The van der Waals surface area contributed by atoms with Crippen LogP contribution in [0, 0.1) is 11.8 Å². The van der Waals surface area contributed by atoms with E-state index in [-0.39, 0.29) is 0 Å². The molecule has 2 aliphatic rings. The molecule has 2 rings (SSSR count). The fraction of sp³-hybridized carbons (Fsp3) is 1.00. The van der Waals surface area contributed by atoms with Gasteiger partial charge in [0, 0.05) is 19.1 Å². The van der Waals surface area contributed by atoms with Crippen molar-refractivity contribution in [1.29, 1.82) is 0 Å². The van der Waals surface area contributed by atoms with Crippen molar-refractivity contribution in [3.63, 3.8) is 0 Å². The smallest absolute Gasteiger partial charge is 0.211 e. The van der Waals surface area contributed by atoms with Crippen LogP contribution in [0.4, 0.5) is 0 Å². The first kappa shape index (κ1) is 15.3. The van der Waals surface area contributed by atoms with Gasteiger partial charge in [-0.3, -0.25) is 0 Å². The average Bonchev–Trinajstić information content (AvgIpc) is 2.89. The zero-order valence-electron chi connectivity index (χ0n) is 12.3. The van der Waals surface area contributed by atoms with Gasteiger partial charge in [-0.05, 0) is 51.0 Å². The van der Waals surface area contributed by atoms with E-state index in [1.807, 2.05) is 0 Å². The second-order valence-corrected chi connectivity index (χ2v) is 8.35. The molecule has 0 aromatic heterocycles. The minimum absolute atomic E-state index is 0.479. The number of nitrogens with zero attached hydrogens (tertiary/aromatic N) is 1. The number of nitrogens with one attached hydrogen (secondary N) is 1. The Hall–Kier alpha value is -0.130. The Balaban J connectivity index is 1.76. The zero-order chi connectivity index (χ0) is 13.9. The number of piperidine rings is 1. The van der Waals surface area contributed by atoms with Crippen LogP contribution in [-0.4, -0.2) is 44.7 Å². The molecule has 0 spiro atoms. The monoisotopic (exact) mass is 288 g/mol. The summed E-state index contributed by atoms with van der Waals surface area (Å²) in [4.78, 5) is 0. The van der Waals surface area contributed by atoms with Gasteiger partial charge in [0.05, 0.1) is 6.26 Å². The molecule has 0 radical (unpaired) electrons. The van der Waals surface area contributed by atoms with E-state index in [1.165, 1.54) is 31.9 Å². The molecule has 4 nitrogen and oxygen atoms in total. The number of hydrogen-bond acceptors (Lipinski definition) is 3. The molecule has 2 atom stereocenters. The van der Waals surface area contributed by atoms with Crippen molar-refractivity contribution in [1.82, 2.24) is 9.62 Å². The number of sulfonamides is 1. The van der Waals surface area contributed by atoms with E-state index in [2.05, 4.69) is 12.2 Å². The number of rotatable bonds is 5. The van der Waals surface area contributed by atoms with Crippen LogP contribution in [0.2, 0.25) is 0 Å². The molecule has 5 heteroatoms. The third-order valence-electron chi connectivity index (χ3n) is 4.79. The molecule has 1 unspecified atom stereocenters. The summed E-state index contributed by atoms with van der Waals surface area (Å²) in [6.45, 7) is 4.65. The van der Waals surface area contributed by atoms with Crippen molar-refractivity contribution >= 4 is 10.0 Å². The molecule has 1 aliphatic heterocycles. The Kier molecular flexibility index (Phi) is 5.26. The number of hydrogen-bond donors (Lipinski definition) is 1. The molecule has 1 saturated heterocycles. The maximum Gasteiger partial charge on any atom is 0.211 e. The van der Waals surface area contributed by atoms with Crippen molar-refractivity contribution in [2.45, 2.75) is 51.5 Å². The first-order valence-electron chi connectivity index (χ1n) is 7.65. The van der Waals surface area contributed by atoms with E-state index in [0.29, 0.717) is 25.0 Å². The van der Waals surface area contributed by atoms with Gasteiger partial charge in [-0.25, -0.2) is 12.7 Å². The van der Waals surface area contributed by atoms with Crippen molar-refractivity contribution in [2.75, 3.05) is 25.9 Å². The molecule has 1 heterocycles. The highest BCUT2D eigenvalue weighted by Gasteiger charge is 2.27. The van der Waals surface area contributed by atoms with Crippen LogP contribution in [0.1, 0.15) is 45.4 Å². The van der Waals surface area contributed by atoms with Gasteiger partial charge >= 0.3 is 0 Å². The topological polar surface area (TPSA) is 49.4 Å². The SMILES string of the molecule is C[C@@H](NCC1CCCN(S(C)(=O)=O)C1)C1CCCC1. The lowest BCUT2D eigenvalue weighted by Gasteiger charge is -2.32. The van der Waals surface area contributed by atoms with Crippen LogP contribution >= 0.6 is 0 Å². The lowest BCUT2D eigenvalue weighted by Crippen LogP contribution is -2.44. The fourth-order valence-electron chi connectivity index (χ4n) is 3.47. The van der Waals surface area contributed by atoms with Crippen LogP contribution in [0.15, 0.2) is 0 Å². The molecule has 1 saturated carbocycles. The summed E-state index contributed by atoms with van der Waals surface area (Å²) >= 11 is 0. The predicted molar refractivity (Wildman–Crippen MR) is 78.6 cm³/mol. The van der Waals surface area contributed by atoms with E-state index in [9.17, 15) is 8.42 Å². The summed E-state index contributed by atoms with van der Waals surface area (Å²) in [6, 6.07) is 0.580. The lowest BCUT2D eigenvalue weighted by atomic mass is 9.96. The summed E-state index contributed by atoms with van der Waals surface area (Å²) in [5.41, 5.74) is 0. The van der Waals surface area contributed by atoms with E-state index >= 15 is 0 Å². The Bertz CT molecular complexity index is 377. The van der Waals surface area contributed by atoms with Crippen LogP contribution in [-0.2, 0) is 10.0 Å². The van der Waals surface area contributed by atoms with Gasteiger partial charge in [0.25, 0.3) is 0 Å². The Morgan fingerprint density at radius 2 is 1.89 bits per heavy atom. The highest BCUT2D eigenvalue weighted by molar-refractivity contribution is 7.88. The maximum atomic E-state index is 11.6. The third-order valence-corrected chi connectivity index (χ3v) is 6.06. The molecule has 0 aromatic rings. The van der Waals surface area contributed by atoms with E-state index in [0.717, 1.165) is 25.3 Å². The predicted octanol–water partition coefficient (Wildman–Crippen LogP) is 1.83. The van der Waals surface area contributed by atoms with Crippen LogP contribution < -0.4 is 5.32 Å². The average molecular weight is 288 g/mol. The highest BCUT2D eigenvalue weighted by atomic mass is 32.2. The summed E-state index contributed by atoms with van der Waals surface area (Å²) in [6.07, 6.45) is 8.93. The molecule has 2 fully saturated rings. The lowest BCUT2D eigenvalue weighted by molar-refractivity contribution is 0.247. The summed E-state index contributed by atoms with van der Waals surface area (Å²) in [5.74, 6) is 1.31. The summed E-state index contributed by atoms with van der Waals surface area (Å²) in [7, 11) is -3.01. The third kappa shape index (κ3) is 4.43. The van der Waals surface area contributed by atoms with Gasteiger partial charge < -0.3 is 5.32 Å². The van der Waals surface area contributed by atoms with Gasteiger partial charge in [-0.15, -0.1) is 0 Å². The minimum Gasteiger partial charge on any atom is -0.314 e. The molecule has 0 bridgehead atoms. The van der Waals surface area contributed by atoms with Gasteiger partial charge in [-0.1, -0.05) is 12.8 Å². The molecule has 0 amide bonds. The van der Waals surface area contributed by atoms with E-state index < -0.39 is 10.0 Å². The van der Waals surface area contributed by atoms with E-state index in [1.54, 1.807) is 4.31 Å². The zero-order valence-corrected chi connectivity index (χ0v) is 13.1. The van der Waals surface area contributed by atoms with Crippen LogP contribution in [0.5, 0.6) is 0 Å². The summed E-state index contributed by atoms with van der Waals surface area (Å²) in [5, 5.41) is 3.64. The first-order chi connectivity index (χ1) is 8.97. The molecule has 1 N–H and O–H groups in total. The fourth-order valence-corrected chi connectivity index (χ4v) is 4.41. The Morgan fingerprint density at radius 1 is 1.21 bits per heavy atom. The van der Waals surface area contributed by atoms with Gasteiger partial charge in [-0.2, -0.15) is 0 Å². The van der Waals surface area contributed by atoms with E-state index in [4.69, 9.17) is 0 Å². The van der Waals surface area contributed by atoms with Crippen LogP contribution in [0.25, 0.3) is 0 Å². The standard InChI is InChI=1S/C14H28N2O2S/c1-12(14-7-3-4-8-14)15-10-13-6-5-9-16(11-13)19(2,17)18/h12-15H,3-11H2,1-2H3/t12-,13?/m1/s1. The molecule has 0 aromatic carbocycles. The second-order valence-electron chi connectivity index (χ2n) is 6.37. The molecule has 1 aliphatic carbocycles. The van der Waals surface area contributed by atoms with Gasteiger partial charge in [0.2, 0.25) is 10.0 Å². The normalized spacial score (nSPS) is 28.6.